The van der Waals surface area contributed by atoms with Gasteiger partial charge in [-0.25, -0.2) is 15.0 Å². The summed E-state index contributed by atoms with van der Waals surface area (Å²) in [5.74, 6) is 1.98. The third-order valence-corrected chi connectivity index (χ3v) is 18.5. The highest BCUT2D eigenvalue weighted by Gasteiger charge is 2.50. The Morgan fingerprint density at radius 1 is 0.327 bits per heavy atom. The smallest absolute Gasteiger partial charge is 0.164 e. The SMILES string of the molecule is CC(C)(C)[Si](C)(c1ccc(-c2cccc(-c3cccc(-c4ccc(-c5nc(-c6ccccc6)nc(-c6ccccc6)n5)cc4)c3)c2)cc1)C(C)(C)C. The summed E-state index contributed by atoms with van der Waals surface area (Å²) in [6.45, 7) is 17.1. The lowest BCUT2D eigenvalue weighted by atomic mass is 9.96. The van der Waals surface area contributed by atoms with Crippen molar-refractivity contribution < 1.29 is 0 Å². The summed E-state index contributed by atoms with van der Waals surface area (Å²) in [6.07, 6.45) is 0. The lowest BCUT2D eigenvalue weighted by Crippen LogP contribution is -2.58. The molecule has 52 heavy (non-hydrogen) atoms. The standard InChI is InChI=1S/C48H47N3Si/c1-47(2,3)52(7,48(4,5)6)43-30-28-35(29-31-43)40-21-15-23-42(33-40)41-22-14-20-39(32-41)34-24-26-38(27-25-34)46-50-44(36-16-10-8-11-17-36)49-45(51-46)37-18-12-9-13-19-37/h8-33H,1-7H3. The van der Waals surface area contributed by atoms with E-state index in [1.807, 2.05) is 60.7 Å². The van der Waals surface area contributed by atoms with Crippen LogP contribution in [-0.4, -0.2) is 23.0 Å². The van der Waals surface area contributed by atoms with Gasteiger partial charge in [0.25, 0.3) is 0 Å². The van der Waals surface area contributed by atoms with Crippen LogP contribution in [0.2, 0.25) is 16.6 Å². The van der Waals surface area contributed by atoms with Gasteiger partial charge in [0.05, 0.1) is 8.07 Å². The van der Waals surface area contributed by atoms with E-state index in [9.17, 15) is 0 Å². The summed E-state index contributed by atoms with van der Waals surface area (Å²) in [4.78, 5) is 14.7. The van der Waals surface area contributed by atoms with Crippen molar-refractivity contribution in [2.45, 2.75) is 58.2 Å². The van der Waals surface area contributed by atoms with E-state index < -0.39 is 8.07 Å². The van der Waals surface area contributed by atoms with Crippen LogP contribution in [-0.2, 0) is 0 Å². The predicted octanol–water partition coefficient (Wildman–Crippen LogP) is 12.8. The van der Waals surface area contributed by atoms with Crippen LogP contribution < -0.4 is 5.19 Å². The summed E-state index contributed by atoms with van der Waals surface area (Å²) in [5, 5.41) is 2.03. The van der Waals surface area contributed by atoms with E-state index in [-0.39, 0.29) is 10.1 Å². The zero-order valence-corrected chi connectivity index (χ0v) is 32.4. The molecule has 0 aliphatic heterocycles. The van der Waals surface area contributed by atoms with Crippen molar-refractivity contribution in [3.05, 3.63) is 158 Å². The average Bonchev–Trinajstić information content (AvgIpc) is 3.17. The fourth-order valence-electron chi connectivity index (χ4n) is 7.49. The Balaban J connectivity index is 1.17. The van der Waals surface area contributed by atoms with Gasteiger partial charge in [0.1, 0.15) is 0 Å². The van der Waals surface area contributed by atoms with Crippen LogP contribution >= 0.6 is 0 Å². The van der Waals surface area contributed by atoms with Crippen molar-refractivity contribution >= 4 is 13.3 Å². The first-order valence-electron chi connectivity index (χ1n) is 18.2. The second kappa shape index (κ2) is 13.9. The van der Waals surface area contributed by atoms with Crippen LogP contribution in [0.15, 0.2) is 158 Å². The summed E-state index contributed by atoms with van der Waals surface area (Å²) >= 11 is 0. The van der Waals surface area contributed by atoms with Gasteiger partial charge < -0.3 is 0 Å². The van der Waals surface area contributed by atoms with Gasteiger partial charge in [-0.2, -0.15) is 0 Å². The summed E-state index contributed by atoms with van der Waals surface area (Å²) in [6, 6.07) is 55.9. The van der Waals surface area contributed by atoms with Gasteiger partial charge in [-0.15, -0.1) is 0 Å². The minimum Gasteiger partial charge on any atom is -0.208 e. The molecular weight excluding hydrogens is 647 g/mol. The molecule has 0 aliphatic rings. The maximum atomic E-state index is 4.91. The highest BCUT2D eigenvalue weighted by Crippen LogP contribution is 2.50. The second-order valence-corrected chi connectivity index (χ2v) is 21.8. The quantitative estimate of drug-likeness (QED) is 0.156. The van der Waals surface area contributed by atoms with Crippen molar-refractivity contribution in [2.75, 3.05) is 0 Å². The number of hydrogen-bond acceptors (Lipinski definition) is 3. The van der Waals surface area contributed by atoms with Gasteiger partial charge in [0, 0.05) is 16.7 Å². The van der Waals surface area contributed by atoms with Crippen molar-refractivity contribution in [3.63, 3.8) is 0 Å². The number of rotatable bonds is 7. The van der Waals surface area contributed by atoms with Crippen LogP contribution in [0.25, 0.3) is 67.5 Å². The molecule has 0 atom stereocenters. The Labute approximate surface area is 310 Å². The minimum absolute atomic E-state index is 0.253. The molecule has 7 aromatic rings. The molecular formula is C48H47N3Si. The van der Waals surface area contributed by atoms with Gasteiger partial charge in [0.15, 0.2) is 17.5 Å². The van der Waals surface area contributed by atoms with E-state index in [1.54, 1.807) is 0 Å². The number of aromatic nitrogens is 3. The van der Waals surface area contributed by atoms with E-state index in [0.29, 0.717) is 17.5 Å². The maximum absolute atomic E-state index is 4.91. The van der Waals surface area contributed by atoms with Crippen LogP contribution in [0.5, 0.6) is 0 Å². The van der Waals surface area contributed by atoms with E-state index in [2.05, 4.69) is 145 Å². The first-order chi connectivity index (χ1) is 24.9. The van der Waals surface area contributed by atoms with Gasteiger partial charge in [-0.05, 0) is 55.6 Å². The van der Waals surface area contributed by atoms with E-state index in [0.717, 1.165) is 27.8 Å². The van der Waals surface area contributed by atoms with Gasteiger partial charge in [-0.1, -0.05) is 199 Å². The van der Waals surface area contributed by atoms with Crippen LogP contribution in [0.4, 0.5) is 0 Å². The fraction of sp³-hybridized carbons (Fsp3) is 0.188. The zero-order valence-electron chi connectivity index (χ0n) is 31.4. The number of nitrogens with zero attached hydrogens (tertiary/aromatic N) is 3. The number of benzene rings is 6. The van der Waals surface area contributed by atoms with Gasteiger partial charge >= 0.3 is 0 Å². The molecule has 6 aromatic carbocycles. The molecule has 7 rings (SSSR count). The van der Waals surface area contributed by atoms with Crippen LogP contribution in [0.1, 0.15) is 41.5 Å². The van der Waals surface area contributed by atoms with Crippen molar-refractivity contribution in [1.29, 1.82) is 0 Å². The lowest BCUT2D eigenvalue weighted by molar-refractivity contribution is 0.629. The Morgan fingerprint density at radius 2 is 0.615 bits per heavy atom. The first-order valence-corrected chi connectivity index (χ1v) is 20.7. The van der Waals surface area contributed by atoms with E-state index >= 15 is 0 Å². The fourth-order valence-corrected chi connectivity index (χ4v) is 12.3. The van der Waals surface area contributed by atoms with Crippen LogP contribution in [0, 0.1) is 0 Å². The van der Waals surface area contributed by atoms with Crippen molar-refractivity contribution in [1.82, 2.24) is 15.0 Å². The monoisotopic (exact) mass is 693 g/mol. The highest BCUT2D eigenvalue weighted by molar-refractivity contribution is 6.95. The number of hydrogen-bond donors (Lipinski definition) is 0. The summed E-state index contributed by atoms with van der Waals surface area (Å²) in [7, 11) is -1.82. The Morgan fingerprint density at radius 3 is 0.981 bits per heavy atom. The molecule has 0 amide bonds. The summed E-state index contributed by atoms with van der Waals surface area (Å²) in [5.41, 5.74) is 10.1. The van der Waals surface area contributed by atoms with Crippen molar-refractivity contribution in [3.8, 4) is 67.5 Å². The first kappa shape index (κ1) is 35.0. The molecule has 0 fully saturated rings. The van der Waals surface area contributed by atoms with Crippen molar-refractivity contribution in [2.24, 2.45) is 0 Å². The third-order valence-electron chi connectivity index (χ3n) is 11.0. The Bertz CT molecular complexity index is 2230. The molecule has 1 heterocycles. The molecule has 1 aromatic heterocycles. The molecule has 0 N–H and O–H groups in total. The van der Waals surface area contributed by atoms with Crippen LogP contribution in [0.3, 0.4) is 0 Å². The predicted molar refractivity (Wildman–Crippen MR) is 223 cm³/mol. The van der Waals surface area contributed by atoms with E-state index in [1.165, 1.54) is 27.4 Å². The highest BCUT2D eigenvalue weighted by atomic mass is 28.3. The molecule has 4 heteroatoms. The molecule has 0 unspecified atom stereocenters. The summed E-state index contributed by atoms with van der Waals surface area (Å²) < 4.78 is 0. The minimum atomic E-state index is -1.82. The van der Waals surface area contributed by atoms with E-state index in [4.69, 9.17) is 15.0 Å². The Kier molecular flexibility index (Phi) is 9.37. The third kappa shape index (κ3) is 6.91. The second-order valence-electron chi connectivity index (χ2n) is 16.0. The molecule has 0 saturated carbocycles. The van der Waals surface area contributed by atoms with Gasteiger partial charge in [0.2, 0.25) is 0 Å². The zero-order chi connectivity index (χ0) is 36.5. The Hall–Kier alpha value is -5.45. The molecule has 0 spiro atoms. The molecule has 3 nitrogen and oxygen atoms in total. The molecule has 0 bridgehead atoms. The maximum Gasteiger partial charge on any atom is 0.164 e. The normalized spacial score (nSPS) is 12.1. The molecule has 258 valence electrons. The largest absolute Gasteiger partial charge is 0.208 e. The van der Waals surface area contributed by atoms with Gasteiger partial charge in [-0.3, -0.25) is 0 Å². The molecule has 0 radical (unpaired) electrons. The topological polar surface area (TPSA) is 38.7 Å². The molecule has 0 aliphatic carbocycles. The lowest BCUT2D eigenvalue weighted by Gasteiger charge is -2.50. The average molecular weight is 694 g/mol. The molecule has 0 saturated heterocycles.